The van der Waals surface area contributed by atoms with Gasteiger partial charge in [-0.2, -0.15) is 0 Å². The second-order valence-electron chi connectivity index (χ2n) is 12.2. The van der Waals surface area contributed by atoms with E-state index in [0.29, 0.717) is 65.8 Å². The number of piperidine rings is 2. The van der Waals surface area contributed by atoms with Gasteiger partial charge in [0.15, 0.2) is 23.0 Å². The molecular formula is C33H39N5O6. The molecule has 1 amide bonds. The van der Waals surface area contributed by atoms with Crippen molar-refractivity contribution in [2.45, 2.75) is 44.7 Å². The van der Waals surface area contributed by atoms with Crippen LogP contribution in [0.4, 0.5) is 4.79 Å². The zero-order chi connectivity index (χ0) is 30.4. The molecule has 44 heavy (non-hydrogen) atoms. The second kappa shape index (κ2) is 11.8. The Hall–Kier alpha value is -4.09. The third kappa shape index (κ3) is 5.17. The van der Waals surface area contributed by atoms with E-state index < -0.39 is 6.09 Å². The first kappa shape index (κ1) is 28.7. The molecule has 3 aliphatic heterocycles. The molecule has 0 N–H and O–H groups in total. The normalized spacial score (nSPS) is 17.7. The van der Waals surface area contributed by atoms with Crippen LogP contribution >= 0.6 is 0 Å². The molecule has 0 atom stereocenters. The molecule has 2 fully saturated rings. The van der Waals surface area contributed by atoms with Crippen molar-refractivity contribution in [3.8, 4) is 23.0 Å². The molecule has 4 aromatic rings. The summed E-state index contributed by atoms with van der Waals surface area (Å²) in [5, 5.41) is 2.70. The number of benzene rings is 2. The van der Waals surface area contributed by atoms with Crippen LogP contribution in [-0.2, 0) is 6.54 Å². The fourth-order valence-corrected chi connectivity index (χ4v) is 6.87. The molecule has 7 rings (SSSR count). The Labute approximate surface area is 255 Å². The number of carbonyl (C=O) groups is 1. The van der Waals surface area contributed by atoms with Crippen LogP contribution in [0.15, 0.2) is 35.3 Å². The lowest BCUT2D eigenvalue weighted by Gasteiger charge is -2.39. The number of ether oxygens (including phenoxy) is 4. The zero-order valence-electron chi connectivity index (χ0n) is 25.6. The van der Waals surface area contributed by atoms with Gasteiger partial charge in [-0.3, -0.25) is 9.78 Å². The number of aromatic nitrogens is 2. The summed E-state index contributed by atoms with van der Waals surface area (Å²) >= 11 is 0. The molecule has 2 aromatic heterocycles. The highest BCUT2D eigenvalue weighted by molar-refractivity contribution is 6.15. The van der Waals surface area contributed by atoms with E-state index in [-0.39, 0.29) is 18.1 Å². The van der Waals surface area contributed by atoms with Crippen molar-refractivity contribution in [2.24, 2.45) is 0 Å². The van der Waals surface area contributed by atoms with Gasteiger partial charge in [-0.15, -0.1) is 0 Å². The van der Waals surface area contributed by atoms with Crippen molar-refractivity contribution >= 4 is 38.7 Å². The van der Waals surface area contributed by atoms with E-state index in [1.54, 1.807) is 27.8 Å². The molecular weight excluding hydrogens is 562 g/mol. The van der Waals surface area contributed by atoms with E-state index in [1.165, 1.54) is 26.4 Å². The van der Waals surface area contributed by atoms with Gasteiger partial charge in [0.25, 0.3) is 5.56 Å². The number of nitrogens with zero attached hydrogens (tertiary/aromatic N) is 5. The van der Waals surface area contributed by atoms with Crippen LogP contribution in [0.3, 0.4) is 0 Å². The quantitative estimate of drug-likeness (QED) is 0.297. The van der Waals surface area contributed by atoms with Crippen molar-refractivity contribution < 1.29 is 23.7 Å². The summed E-state index contributed by atoms with van der Waals surface area (Å²) in [6.07, 6.45) is 7.07. The van der Waals surface area contributed by atoms with Crippen molar-refractivity contribution in [2.75, 3.05) is 60.7 Å². The molecule has 5 heterocycles. The number of rotatable bonds is 6. The predicted octanol–water partition coefficient (Wildman–Crippen LogP) is 4.45. The monoisotopic (exact) mass is 601 g/mol. The van der Waals surface area contributed by atoms with Crippen LogP contribution in [-0.4, -0.2) is 97.1 Å². The number of amides is 1. The third-order valence-electron chi connectivity index (χ3n) is 9.27. The van der Waals surface area contributed by atoms with Gasteiger partial charge in [0.05, 0.1) is 23.5 Å². The lowest BCUT2D eigenvalue weighted by atomic mass is 10.0. The van der Waals surface area contributed by atoms with Crippen molar-refractivity contribution in [3.63, 3.8) is 0 Å². The van der Waals surface area contributed by atoms with Crippen LogP contribution < -0.4 is 24.5 Å². The average molecular weight is 602 g/mol. The number of pyridine rings is 2. The van der Waals surface area contributed by atoms with Gasteiger partial charge in [0.1, 0.15) is 0 Å². The SMILES string of the molecule is COc1cc2c(cc1OC(=O)N1CCC(N3CCCCC3)CC1)c(=O)n(CCN(C)C)c1c3cc4c(cc3ncc21)OCO4. The van der Waals surface area contributed by atoms with E-state index in [9.17, 15) is 9.59 Å². The molecule has 0 bridgehead atoms. The van der Waals surface area contributed by atoms with Crippen LogP contribution in [0.5, 0.6) is 23.0 Å². The first-order chi connectivity index (χ1) is 21.4. The van der Waals surface area contributed by atoms with Crippen molar-refractivity contribution in [1.29, 1.82) is 0 Å². The maximum absolute atomic E-state index is 14.2. The molecule has 11 heteroatoms. The highest BCUT2D eigenvalue weighted by atomic mass is 16.7. The number of fused-ring (bicyclic) bond motifs is 6. The Balaban J connectivity index is 1.26. The Morgan fingerprint density at radius 1 is 0.932 bits per heavy atom. The number of carbonyl (C=O) groups excluding carboxylic acids is 1. The van der Waals surface area contributed by atoms with Gasteiger partial charge in [0.2, 0.25) is 6.79 Å². The van der Waals surface area contributed by atoms with E-state index >= 15 is 0 Å². The molecule has 0 radical (unpaired) electrons. The van der Waals surface area contributed by atoms with Gasteiger partial charge in [0, 0.05) is 60.6 Å². The van der Waals surface area contributed by atoms with E-state index in [0.717, 1.165) is 42.2 Å². The summed E-state index contributed by atoms with van der Waals surface area (Å²) in [4.78, 5) is 38.7. The molecule has 0 unspecified atom stereocenters. The Kier molecular flexibility index (Phi) is 7.67. The zero-order valence-corrected chi connectivity index (χ0v) is 25.6. The van der Waals surface area contributed by atoms with Gasteiger partial charge < -0.3 is 38.2 Å². The minimum absolute atomic E-state index is 0.148. The number of hydrogen-bond acceptors (Lipinski definition) is 9. The molecule has 0 saturated carbocycles. The molecule has 3 aliphatic rings. The van der Waals surface area contributed by atoms with Gasteiger partial charge >= 0.3 is 6.09 Å². The number of methoxy groups -OCH3 is 1. The Morgan fingerprint density at radius 2 is 1.66 bits per heavy atom. The van der Waals surface area contributed by atoms with Crippen molar-refractivity contribution in [1.82, 2.24) is 24.3 Å². The van der Waals surface area contributed by atoms with Crippen LogP contribution in [0.1, 0.15) is 32.1 Å². The third-order valence-corrected chi connectivity index (χ3v) is 9.27. The highest BCUT2D eigenvalue weighted by Crippen LogP contribution is 2.40. The Bertz CT molecular complexity index is 1790. The Morgan fingerprint density at radius 3 is 2.39 bits per heavy atom. The van der Waals surface area contributed by atoms with Crippen molar-refractivity contribution in [3.05, 3.63) is 40.8 Å². The minimum Gasteiger partial charge on any atom is -0.493 e. The number of hydrogen-bond donors (Lipinski definition) is 0. The van der Waals surface area contributed by atoms with Crippen LogP contribution in [0.2, 0.25) is 0 Å². The molecule has 0 spiro atoms. The molecule has 0 aliphatic carbocycles. The largest absolute Gasteiger partial charge is 0.493 e. The first-order valence-corrected chi connectivity index (χ1v) is 15.5. The summed E-state index contributed by atoms with van der Waals surface area (Å²) in [6, 6.07) is 7.69. The lowest BCUT2D eigenvalue weighted by molar-refractivity contribution is 0.0874. The highest BCUT2D eigenvalue weighted by Gasteiger charge is 2.29. The smallest absolute Gasteiger partial charge is 0.415 e. The first-order valence-electron chi connectivity index (χ1n) is 15.5. The summed E-state index contributed by atoms with van der Waals surface area (Å²) in [6.45, 7) is 4.86. The summed E-state index contributed by atoms with van der Waals surface area (Å²) in [5.74, 6) is 1.87. The maximum Gasteiger partial charge on any atom is 0.415 e. The number of likely N-dealkylation sites (N-methyl/N-ethyl adjacent to an activating group) is 1. The maximum atomic E-state index is 14.2. The van der Waals surface area contributed by atoms with Gasteiger partial charge in [-0.25, -0.2) is 4.79 Å². The fraction of sp³-hybridized carbons (Fsp3) is 0.485. The predicted molar refractivity (Wildman–Crippen MR) is 168 cm³/mol. The lowest BCUT2D eigenvalue weighted by Crippen LogP contribution is -2.48. The summed E-state index contributed by atoms with van der Waals surface area (Å²) in [7, 11) is 5.49. The minimum atomic E-state index is -0.419. The van der Waals surface area contributed by atoms with Gasteiger partial charge in [-0.1, -0.05) is 6.42 Å². The average Bonchev–Trinajstić information content (AvgIpc) is 3.51. The topological polar surface area (TPSA) is 98.6 Å². The molecule has 232 valence electrons. The molecule has 2 saturated heterocycles. The summed E-state index contributed by atoms with van der Waals surface area (Å²) in [5.41, 5.74) is 1.29. The van der Waals surface area contributed by atoms with Crippen LogP contribution in [0.25, 0.3) is 32.6 Å². The molecule has 11 nitrogen and oxygen atoms in total. The molecule has 2 aromatic carbocycles. The number of likely N-dealkylation sites (tertiary alicyclic amines) is 2. The standard InChI is InChI=1S/C33H39N5O6/c1-35(2)13-14-38-31-24-17-28-29(43-20-42-28)18-26(24)34-19-25(31)22-15-27(41-3)30(16-23(22)32(38)39)44-33(40)37-11-7-21(8-12-37)36-9-5-4-6-10-36/h15-19,21H,4-14,20H2,1-3H3. The van der Waals surface area contributed by atoms with Gasteiger partial charge in [-0.05, 0) is 71.1 Å². The van der Waals surface area contributed by atoms with E-state index in [1.807, 2.05) is 31.1 Å². The van der Waals surface area contributed by atoms with E-state index in [2.05, 4.69) is 4.90 Å². The van der Waals surface area contributed by atoms with Crippen LogP contribution in [0, 0.1) is 0 Å². The summed E-state index contributed by atoms with van der Waals surface area (Å²) < 4.78 is 24.7. The fourth-order valence-electron chi connectivity index (χ4n) is 6.87. The van der Waals surface area contributed by atoms with E-state index in [4.69, 9.17) is 23.9 Å². The second-order valence-corrected chi connectivity index (χ2v) is 12.2.